The normalized spacial score (nSPS) is 16.9. The Morgan fingerprint density at radius 1 is 1.29 bits per heavy atom. The lowest BCUT2D eigenvalue weighted by atomic mass is 10.0. The minimum absolute atomic E-state index is 0.0892. The quantitative estimate of drug-likeness (QED) is 0.794. The SMILES string of the molecule is CCC(C)NC(=O)C1(C(=O)NCc2ccccc2Cl)CC1. The third-order valence-corrected chi connectivity index (χ3v) is 4.38. The summed E-state index contributed by atoms with van der Waals surface area (Å²) in [5.74, 6) is -0.364. The van der Waals surface area contributed by atoms with Gasteiger partial charge in [0.1, 0.15) is 5.41 Å². The lowest BCUT2D eigenvalue weighted by Crippen LogP contribution is -2.45. The molecule has 0 saturated heterocycles. The fraction of sp³-hybridized carbons (Fsp3) is 0.500. The highest BCUT2D eigenvalue weighted by atomic mass is 35.5. The highest BCUT2D eigenvalue weighted by Gasteiger charge is 2.56. The van der Waals surface area contributed by atoms with Crippen LogP contribution in [0.4, 0.5) is 0 Å². The standard InChI is InChI=1S/C16H21ClN2O2/c1-3-11(2)19-15(21)16(8-9-16)14(20)18-10-12-6-4-5-7-13(12)17/h4-7,11H,3,8-10H2,1-2H3,(H,18,20)(H,19,21). The predicted molar refractivity (Wildman–Crippen MR) is 82.9 cm³/mol. The van der Waals surface area contributed by atoms with E-state index >= 15 is 0 Å². The summed E-state index contributed by atoms with van der Waals surface area (Å²) in [6, 6.07) is 7.45. The van der Waals surface area contributed by atoms with Gasteiger partial charge in [0, 0.05) is 17.6 Å². The van der Waals surface area contributed by atoms with Crippen molar-refractivity contribution in [3.8, 4) is 0 Å². The fourth-order valence-electron chi connectivity index (χ4n) is 2.13. The van der Waals surface area contributed by atoms with Gasteiger partial charge in [0.2, 0.25) is 11.8 Å². The van der Waals surface area contributed by atoms with Gasteiger partial charge < -0.3 is 10.6 Å². The Morgan fingerprint density at radius 3 is 2.52 bits per heavy atom. The summed E-state index contributed by atoms with van der Waals surface area (Å²) in [7, 11) is 0. The van der Waals surface area contributed by atoms with E-state index in [4.69, 9.17) is 11.6 Å². The van der Waals surface area contributed by atoms with Crippen LogP contribution in [0.25, 0.3) is 0 Å². The van der Waals surface area contributed by atoms with Crippen molar-refractivity contribution in [2.24, 2.45) is 5.41 Å². The predicted octanol–water partition coefficient (Wildman–Crippen LogP) is 2.65. The molecule has 21 heavy (non-hydrogen) atoms. The highest BCUT2D eigenvalue weighted by Crippen LogP contribution is 2.46. The Labute approximate surface area is 130 Å². The van der Waals surface area contributed by atoms with E-state index < -0.39 is 5.41 Å². The highest BCUT2D eigenvalue weighted by molar-refractivity contribution is 6.31. The first-order valence-corrected chi connectivity index (χ1v) is 7.70. The first kappa shape index (κ1) is 15.8. The van der Waals surface area contributed by atoms with Gasteiger partial charge in [0.05, 0.1) is 0 Å². The van der Waals surface area contributed by atoms with Crippen LogP contribution in [0.2, 0.25) is 5.02 Å². The molecule has 114 valence electrons. The van der Waals surface area contributed by atoms with Gasteiger partial charge in [-0.3, -0.25) is 9.59 Å². The maximum absolute atomic E-state index is 12.3. The molecule has 5 heteroatoms. The number of amides is 2. The molecule has 1 fully saturated rings. The molecule has 1 saturated carbocycles. The first-order chi connectivity index (χ1) is 9.99. The summed E-state index contributed by atoms with van der Waals surface area (Å²) >= 11 is 6.06. The van der Waals surface area contributed by atoms with Crippen LogP contribution < -0.4 is 10.6 Å². The molecule has 0 aromatic heterocycles. The van der Waals surface area contributed by atoms with E-state index in [9.17, 15) is 9.59 Å². The second kappa shape index (κ2) is 6.48. The van der Waals surface area contributed by atoms with Crippen LogP contribution in [0.15, 0.2) is 24.3 Å². The Bertz CT molecular complexity index is 541. The number of halogens is 1. The van der Waals surface area contributed by atoms with E-state index in [2.05, 4.69) is 10.6 Å². The number of benzene rings is 1. The lowest BCUT2D eigenvalue weighted by Gasteiger charge is -2.18. The van der Waals surface area contributed by atoms with Gasteiger partial charge in [-0.05, 0) is 37.8 Å². The summed E-state index contributed by atoms with van der Waals surface area (Å²) in [6.07, 6.45) is 2.08. The van der Waals surface area contributed by atoms with E-state index in [-0.39, 0.29) is 17.9 Å². The number of nitrogens with one attached hydrogen (secondary N) is 2. The number of hydrogen-bond acceptors (Lipinski definition) is 2. The van der Waals surface area contributed by atoms with Crippen LogP contribution in [-0.2, 0) is 16.1 Å². The fourth-order valence-corrected chi connectivity index (χ4v) is 2.34. The van der Waals surface area contributed by atoms with Crippen molar-refractivity contribution in [1.29, 1.82) is 0 Å². The van der Waals surface area contributed by atoms with Crippen molar-refractivity contribution < 1.29 is 9.59 Å². The van der Waals surface area contributed by atoms with E-state index in [1.807, 2.05) is 32.0 Å². The molecule has 1 aliphatic carbocycles. The molecular weight excluding hydrogens is 288 g/mol. The van der Waals surface area contributed by atoms with Crippen molar-refractivity contribution in [2.75, 3.05) is 0 Å². The van der Waals surface area contributed by atoms with Crippen LogP contribution in [-0.4, -0.2) is 17.9 Å². The Kier molecular flexibility index (Phi) is 4.88. The molecule has 2 amide bonds. The molecule has 2 N–H and O–H groups in total. The zero-order valence-electron chi connectivity index (χ0n) is 12.4. The maximum Gasteiger partial charge on any atom is 0.235 e. The first-order valence-electron chi connectivity index (χ1n) is 7.32. The van der Waals surface area contributed by atoms with E-state index in [1.165, 1.54) is 0 Å². The van der Waals surface area contributed by atoms with Gasteiger partial charge in [0.15, 0.2) is 0 Å². The lowest BCUT2D eigenvalue weighted by molar-refractivity contribution is -0.137. The molecule has 1 aromatic rings. The Hall–Kier alpha value is -1.55. The van der Waals surface area contributed by atoms with Gasteiger partial charge >= 0.3 is 0 Å². The van der Waals surface area contributed by atoms with Crippen LogP contribution in [0.3, 0.4) is 0 Å². The second-order valence-electron chi connectivity index (χ2n) is 5.64. The molecule has 0 heterocycles. The monoisotopic (exact) mass is 308 g/mol. The van der Waals surface area contributed by atoms with Crippen LogP contribution in [0.1, 0.15) is 38.7 Å². The number of rotatable bonds is 6. The van der Waals surface area contributed by atoms with Gasteiger partial charge in [0.25, 0.3) is 0 Å². The van der Waals surface area contributed by atoms with Crippen molar-refractivity contribution in [2.45, 2.75) is 45.7 Å². The van der Waals surface area contributed by atoms with Crippen molar-refractivity contribution in [1.82, 2.24) is 10.6 Å². The van der Waals surface area contributed by atoms with Crippen LogP contribution >= 0.6 is 11.6 Å². The van der Waals surface area contributed by atoms with Gasteiger partial charge in [-0.25, -0.2) is 0 Å². The number of hydrogen-bond donors (Lipinski definition) is 2. The minimum Gasteiger partial charge on any atom is -0.353 e. The Balaban J connectivity index is 1.94. The Morgan fingerprint density at radius 2 is 1.95 bits per heavy atom. The summed E-state index contributed by atoms with van der Waals surface area (Å²) in [5, 5.41) is 6.34. The van der Waals surface area contributed by atoms with Crippen LogP contribution in [0, 0.1) is 5.41 Å². The molecule has 0 bridgehead atoms. The van der Waals surface area contributed by atoms with Gasteiger partial charge in [-0.1, -0.05) is 36.7 Å². The van der Waals surface area contributed by atoms with E-state index in [0.717, 1.165) is 12.0 Å². The summed E-state index contributed by atoms with van der Waals surface area (Å²) < 4.78 is 0. The third kappa shape index (κ3) is 3.56. The van der Waals surface area contributed by atoms with E-state index in [0.29, 0.717) is 24.4 Å². The van der Waals surface area contributed by atoms with E-state index in [1.54, 1.807) is 6.07 Å². The number of carbonyl (C=O) groups excluding carboxylic acids is 2. The second-order valence-corrected chi connectivity index (χ2v) is 6.05. The van der Waals surface area contributed by atoms with Crippen molar-refractivity contribution in [3.63, 3.8) is 0 Å². The average Bonchev–Trinajstić information content (AvgIpc) is 3.27. The maximum atomic E-state index is 12.3. The molecule has 1 unspecified atom stereocenters. The largest absolute Gasteiger partial charge is 0.353 e. The van der Waals surface area contributed by atoms with Crippen molar-refractivity contribution >= 4 is 23.4 Å². The molecule has 4 nitrogen and oxygen atoms in total. The number of carbonyl (C=O) groups is 2. The zero-order valence-corrected chi connectivity index (χ0v) is 13.2. The molecule has 0 spiro atoms. The molecule has 2 rings (SSSR count). The summed E-state index contributed by atoms with van der Waals surface area (Å²) in [4.78, 5) is 24.5. The summed E-state index contributed by atoms with van der Waals surface area (Å²) in [6.45, 7) is 4.29. The molecule has 0 aliphatic heterocycles. The average molecular weight is 309 g/mol. The minimum atomic E-state index is -0.870. The molecule has 1 aromatic carbocycles. The third-order valence-electron chi connectivity index (χ3n) is 4.01. The van der Waals surface area contributed by atoms with Crippen molar-refractivity contribution in [3.05, 3.63) is 34.9 Å². The van der Waals surface area contributed by atoms with Gasteiger partial charge in [-0.2, -0.15) is 0 Å². The topological polar surface area (TPSA) is 58.2 Å². The summed E-state index contributed by atoms with van der Waals surface area (Å²) in [5.41, 5.74) is -0.0179. The molecule has 1 aliphatic rings. The van der Waals surface area contributed by atoms with Gasteiger partial charge in [-0.15, -0.1) is 0 Å². The smallest absolute Gasteiger partial charge is 0.235 e. The molecule has 1 atom stereocenters. The zero-order chi connectivity index (χ0) is 15.5. The van der Waals surface area contributed by atoms with Crippen LogP contribution in [0.5, 0.6) is 0 Å². The molecular formula is C16H21ClN2O2. The molecule has 0 radical (unpaired) electrons.